The first-order valence-corrected chi connectivity index (χ1v) is 5.71. The van der Waals surface area contributed by atoms with Crippen LogP contribution in [0.4, 0.5) is 11.4 Å². The summed E-state index contributed by atoms with van der Waals surface area (Å²) in [5, 5.41) is 10.7. The van der Waals surface area contributed by atoms with Gasteiger partial charge in [0, 0.05) is 6.26 Å². The summed E-state index contributed by atoms with van der Waals surface area (Å²) in [6.45, 7) is 0. The van der Waals surface area contributed by atoms with Gasteiger partial charge in [-0.3, -0.25) is 16.0 Å². The third kappa shape index (κ3) is 2.22. The molecule has 0 amide bonds. The SMILES string of the molecule is CS(=O)(=O)c1cccc(NN)c1[N+](=O)[O-]. The van der Waals surface area contributed by atoms with Gasteiger partial charge in [0.25, 0.3) is 0 Å². The van der Waals surface area contributed by atoms with Crippen LogP contribution in [0.15, 0.2) is 23.1 Å². The van der Waals surface area contributed by atoms with Crippen LogP contribution in [0.2, 0.25) is 0 Å². The Morgan fingerprint density at radius 2 is 2.07 bits per heavy atom. The number of para-hydroxylation sites is 1. The van der Waals surface area contributed by atoms with E-state index < -0.39 is 20.4 Å². The molecule has 0 aliphatic heterocycles. The molecule has 0 spiro atoms. The highest BCUT2D eigenvalue weighted by Crippen LogP contribution is 2.30. The Hall–Kier alpha value is -1.67. The predicted molar refractivity (Wildman–Crippen MR) is 54.0 cm³/mol. The van der Waals surface area contributed by atoms with Crippen molar-refractivity contribution >= 4 is 21.2 Å². The number of rotatable bonds is 3. The van der Waals surface area contributed by atoms with Gasteiger partial charge < -0.3 is 5.43 Å². The molecule has 1 aromatic rings. The Morgan fingerprint density at radius 3 is 2.47 bits per heavy atom. The van der Waals surface area contributed by atoms with E-state index >= 15 is 0 Å². The van der Waals surface area contributed by atoms with Crippen LogP contribution in [0.1, 0.15) is 0 Å². The van der Waals surface area contributed by atoms with Crippen LogP contribution in [-0.4, -0.2) is 19.6 Å². The molecule has 0 aliphatic carbocycles. The second-order valence-corrected chi connectivity index (χ2v) is 4.81. The first-order chi connectivity index (χ1) is 6.88. The lowest BCUT2D eigenvalue weighted by atomic mass is 10.3. The lowest BCUT2D eigenvalue weighted by molar-refractivity contribution is -0.386. The largest absolute Gasteiger partial charge is 0.318 e. The molecule has 0 saturated heterocycles. The molecule has 0 bridgehead atoms. The number of nitro benzene ring substituents is 1. The summed E-state index contributed by atoms with van der Waals surface area (Å²) in [7, 11) is -3.65. The highest BCUT2D eigenvalue weighted by atomic mass is 32.2. The van der Waals surface area contributed by atoms with E-state index in [4.69, 9.17) is 5.84 Å². The van der Waals surface area contributed by atoms with E-state index in [9.17, 15) is 18.5 Å². The molecule has 0 radical (unpaired) electrons. The Labute approximate surface area is 85.9 Å². The summed E-state index contributed by atoms with van der Waals surface area (Å²) in [5.74, 6) is 5.05. The molecule has 0 aliphatic rings. The maximum absolute atomic E-state index is 11.3. The van der Waals surface area contributed by atoms with E-state index in [1.165, 1.54) is 12.1 Å². The van der Waals surface area contributed by atoms with Crippen LogP contribution in [0.3, 0.4) is 0 Å². The topological polar surface area (TPSA) is 115 Å². The molecule has 0 aromatic heterocycles. The van der Waals surface area contributed by atoms with Crippen molar-refractivity contribution in [2.24, 2.45) is 5.84 Å². The molecule has 0 saturated carbocycles. The second kappa shape index (κ2) is 3.83. The van der Waals surface area contributed by atoms with Gasteiger partial charge in [0.2, 0.25) is 0 Å². The summed E-state index contributed by atoms with van der Waals surface area (Å²) >= 11 is 0. The fourth-order valence-electron chi connectivity index (χ4n) is 1.13. The van der Waals surface area contributed by atoms with Gasteiger partial charge >= 0.3 is 5.69 Å². The van der Waals surface area contributed by atoms with Crippen molar-refractivity contribution in [2.75, 3.05) is 11.7 Å². The van der Waals surface area contributed by atoms with Gasteiger partial charge in [0.1, 0.15) is 10.6 Å². The fourth-order valence-corrected chi connectivity index (χ4v) is 1.99. The average Bonchev–Trinajstić information content (AvgIpc) is 2.15. The van der Waals surface area contributed by atoms with Crippen molar-refractivity contribution in [2.45, 2.75) is 4.90 Å². The van der Waals surface area contributed by atoms with Crippen LogP contribution < -0.4 is 11.3 Å². The Morgan fingerprint density at radius 1 is 1.47 bits per heavy atom. The molecule has 15 heavy (non-hydrogen) atoms. The molecule has 3 N–H and O–H groups in total. The number of nitrogens with two attached hydrogens (primary N) is 1. The number of nitro groups is 1. The van der Waals surface area contributed by atoms with Crippen LogP contribution in [0.5, 0.6) is 0 Å². The highest BCUT2D eigenvalue weighted by molar-refractivity contribution is 7.90. The van der Waals surface area contributed by atoms with Crippen molar-refractivity contribution in [1.29, 1.82) is 0 Å². The molecular weight excluding hydrogens is 222 g/mol. The first-order valence-electron chi connectivity index (χ1n) is 3.82. The third-order valence-corrected chi connectivity index (χ3v) is 2.86. The van der Waals surface area contributed by atoms with Crippen molar-refractivity contribution in [3.8, 4) is 0 Å². The summed E-state index contributed by atoms with van der Waals surface area (Å²) in [4.78, 5) is 9.55. The highest BCUT2D eigenvalue weighted by Gasteiger charge is 2.25. The van der Waals surface area contributed by atoms with Gasteiger partial charge in [-0.1, -0.05) is 6.07 Å². The quantitative estimate of drug-likeness (QED) is 0.438. The monoisotopic (exact) mass is 231 g/mol. The molecule has 0 unspecified atom stereocenters. The molecule has 8 heteroatoms. The van der Waals surface area contributed by atoms with E-state index in [1.807, 2.05) is 0 Å². The normalized spacial score (nSPS) is 11.1. The summed E-state index contributed by atoms with van der Waals surface area (Å²) in [6, 6.07) is 3.86. The number of hydrogen-bond acceptors (Lipinski definition) is 6. The maximum Gasteiger partial charge on any atom is 0.312 e. The van der Waals surface area contributed by atoms with Crippen molar-refractivity contribution in [3.63, 3.8) is 0 Å². The standard InChI is InChI=1S/C7H9N3O4S/c1-15(13,14)6-4-2-3-5(9-8)7(6)10(11)12/h2-4,9H,8H2,1H3. The Kier molecular flexibility index (Phi) is 2.91. The van der Waals surface area contributed by atoms with Crippen molar-refractivity contribution in [3.05, 3.63) is 28.3 Å². The minimum Gasteiger partial charge on any atom is -0.318 e. The Bertz CT molecular complexity index is 497. The zero-order valence-electron chi connectivity index (χ0n) is 7.80. The number of sulfone groups is 1. The number of benzene rings is 1. The fraction of sp³-hybridized carbons (Fsp3) is 0.143. The lowest BCUT2D eigenvalue weighted by Gasteiger charge is -2.05. The molecule has 7 nitrogen and oxygen atoms in total. The molecule has 0 fully saturated rings. The molecule has 0 heterocycles. The predicted octanol–water partition coefficient (Wildman–Crippen LogP) is 0.284. The average molecular weight is 231 g/mol. The number of hydrogen-bond donors (Lipinski definition) is 2. The van der Waals surface area contributed by atoms with Crippen molar-refractivity contribution < 1.29 is 13.3 Å². The van der Waals surface area contributed by atoms with Gasteiger partial charge in [-0.15, -0.1) is 0 Å². The lowest BCUT2D eigenvalue weighted by Crippen LogP contribution is -2.11. The minimum absolute atomic E-state index is 0.0390. The van der Waals surface area contributed by atoms with Gasteiger partial charge in [0.05, 0.1) is 4.92 Å². The Balaban J connectivity index is 3.60. The first kappa shape index (κ1) is 11.4. The molecule has 1 rings (SSSR count). The van der Waals surface area contributed by atoms with Crippen LogP contribution in [-0.2, 0) is 9.84 Å². The number of anilines is 1. The van der Waals surface area contributed by atoms with E-state index in [2.05, 4.69) is 5.43 Å². The molecule has 0 atom stereocenters. The number of nitrogens with one attached hydrogen (secondary N) is 1. The number of nitrogens with zero attached hydrogens (tertiary/aromatic N) is 1. The van der Waals surface area contributed by atoms with Crippen LogP contribution in [0, 0.1) is 10.1 Å². The second-order valence-electron chi connectivity index (χ2n) is 2.83. The minimum atomic E-state index is -3.65. The maximum atomic E-state index is 11.3. The van der Waals surface area contributed by atoms with E-state index in [0.29, 0.717) is 0 Å². The summed E-state index contributed by atoms with van der Waals surface area (Å²) in [6.07, 6.45) is 0.898. The number of nitrogen functional groups attached to an aromatic ring is 1. The van der Waals surface area contributed by atoms with E-state index in [-0.39, 0.29) is 10.6 Å². The molecule has 1 aromatic carbocycles. The number of hydrazine groups is 1. The summed E-state index contributed by atoms with van der Waals surface area (Å²) < 4.78 is 22.5. The molecular formula is C7H9N3O4S. The van der Waals surface area contributed by atoms with Crippen LogP contribution >= 0.6 is 0 Å². The van der Waals surface area contributed by atoms with Gasteiger partial charge in [-0.2, -0.15) is 0 Å². The van der Waals surface area contributed by atoms with E-state index in [1.54, 1.807) is 0 Å². The van der Waals surface area contributed by atoms with Gasteiger partial charge in [-0.25, -0.2) is 8.42 Å². The van der Waals surface area contributed by atoms with Gasteiger partial charge in [0.15, 0.2) is 9.84 Å². The summed E-state index contributed by atoms with van der Waals surface area (Å²) in [5.41, 5.74) is 1.50. The van der Waals surface area contributed by atoms with Crippen molar-refractivity contribution in [1.82, 2.24) is 0 Å². The zero-order chi connectivity index (χ0) is 11.6. The van der Waals surface area contributed by atoms with E-state index in [0.717, 1.165) is 12.3 Å². The van der Waals surface area contributed by atoms with Gasteiger partial charge in [-0.05, 0) is 12.1 Å². The zero-order valence-corrected chi connectivity index (χ0v) is 8.61. The van der Waals surface area contributed by atoms with Crippen LogP contribution in [0.25, 0.3) is 0 Å². The smallest absolute Gasteiger partial charge is 0.312 e. The third-order valence-electron chi connectivity index (χ3n) is 1.74. The molecule has 82 valence electrons.